The van der Waals surface area contributed by atoms with Crippen LogP contribution in [-0.4, -0.2) is 44.8 Å². The van der Waals surface area contributed by atoms with Gasteiger partial charge in [-0.2, -0.15) is 4.31 Å². The summed E-state index contributed by atoms with van der Waals surface area (Å²) >= 11 is 0. The van der Waals surface area contributed by atoms with Gasteiger partial charge in [-0.3, -0.25) is 4.79 Å². The van der Waals surface area contributed by atoms with Crippen LogP contribution in [0.15, 0.2) is 23.1 Å². The van der Waals surface area contributed by atoms with Crippen LogP contribution in [0.1, 0.15) is 27.7 Å². The third-order valence-corrected chi connectivity index (χ3v) is 5.81. The number of carbonyl (C=O) groups excluding carboxylic acids is 1. The molecule has 1 unspecified atom stereocenters. The summed E-state index contributed by atoms with van der Waals surface area (Å²) in [4.78, 5) is 12.3. The molecular formula is C16H29ClN4O3S. The zero-order valence-corrected chi connectivity index (χ0v) is 16.8. The van der Waals surface area contributed by atoms with Crippen molar-refractivity contribution in [3.8, 4) is 0 Å². The van der Waals surface area contributed by atoms with Gasteiger partial charge in [0.25, 0.3) is 0 Å². The highest BCUT2D eigenvalue weighted by Gasteiger charge is 2.23. The Morgan fingerprint density at radius 1 is 1.20 bits per heavy atom. The number of rotatable bonds is 9. The fourth-order valence-corrected chi connectivity index (χ4v) is 3.69. The van der Waals surface area contributed by atoms with Crippen molar-refractivity contribution < 1.29 is 13.2 Å². The van der Waals surface area contributed by atoms with Crippen molar-refractivity contribution in [3.05, 3.63) is 18.2 Å². The summed E-state index contributed by atoms with van der Waals surface area (Å²) in [6, 6.07) is 4.71. The van der Waals surface area contributed by atoms with E-state index in [0.717, 1.165) is 0 Å². The fraction of sp³-hybridized carbons (Fsp3) is 0.562. The molecule has 0 fully saturated rings. The summed E-state index contributed by atoms with van der Waals surface area (Å²) in [7, 11) is -3.59. The van der Waals surface area contributed by atoms with Gasteiger partial charge in [0, 0.05) is 32.1 Å². The van der Waals surface area contributed by atoms with Crippen molar-refractivity contribution in [1.29, 1.82) is 0 Å². The van der Waals surface area contributed by atoms with Crippen molar-refractivity contribution in [3.63, 3.8) is 0 Å². The van der Waals surface area contributed by atoms with Crippen LogP contribution in [0.25, 0.3) is 0 Å². The standard InChI is InChI=1S/C16H28N4O3S.ClH/c1-5-18-14-9-8-13(24(22,23)20(6-2)7-3)10-15(14)19-16(21)12(4)11-17;/h8-10,12,18H,5-7,11,17H2,1-4H3,(H,19,21);1H. The van der Waals surface area contributed by atoms with E-state index in [1.165, 1.54) is 10.4 Å². The van der Waals surface area contributed by atoms with Gasteiger partial charge in [-0.05, 0) is 25.1 Å². The average molecular weight is 393 g/mol. The van der Waals surface area contributed by atoms with Gasteiger partial charge < -0.3 is 16.4 Å². The predicted octanol–water partition coefficient (Wildman–Crippen LogP) is 2.10. The Morgan fingerprint density at radius 3 is 2.28 bits per heavy atom. The quantitative estimate of drug-likeness (QED) is 0.597. The molecule has 0 spiro atoms. The number of sulfonamides is 1. The molecule has 1 rings (SSSR count). The molecule has 9 heteroatoms. The molecule has 0 radical (unpaired) electrons. The molecule has 7 nitrogen and oxygen atoms in total. The largest absolute Gasteiger partial charge is 0.384 e. The number of nitrogens with one attached hydrogen (secondary N) is 2. The molecule has 1 aromatic rings. The Balaban J connectivity index is 0.00000576. The Labute approximate surface area is 156 Å². The second kappa shape index (κ2) is 10.6. The molecule has 0 bridgehead atoms. The second-order valence-electron chi connectivity index (χ2n) is 5.45. The Kier molecular flexibility index (Phi) is 10.0. The number of nitrogens with zero attached hydrogens (tertiary/aromatic N) is 1. The van der Waals surface area contributed by atoms with Gasteiger partial charge in [0.05, 0.1) is 16.3 Å². The normalized spacial score (nSPS) is 12.4. The summed E-state index contributed by atoms with van der Waals surface area (Å²) in [5, 5.41) is 5.89. The number of benzene rings is 1. The summed E-state index contributed by atoms with van der Waals surface area (Å²) in [5.74, 6) is -0.600. The maximum absolute atomic E-state index is 12.7. The summed E-state index contributed by atoms with van der Waals surface area (Å²) in [5.41, 5.74) is 6.63. The highest BCUT2D eigenvalue weighted by Crippen LogP contribution is 2.27. The number of anilines is 2. The molecule has 0 aliphatic rings. The zero-order valence-electron chi connectivity index (χ0n) is 15.2. The van der Waals surface area contributed by atoms with Crippen LogP contribution in [0.3, 0.4) is 0 Å². The van der Waals surface area contributed by atoms with Crippen molar-refractivity contribution in [1.82, 2.24) is 4.31 Å². The van der Waals surface area contributed by atoms with E-state index in [-0.39, 0.29) is 35.7 Å². The number of hydrogen-bond acceptors (Lipinski definition) is 5. The molecule has 1 aromatic carbocycles. The van der Waals surface area contributed by atoms with Crippen LogP contribution in [0.4, 0.5) is 11.4 Å². The number of carbonyl (C=O) groups is 1. The molecule has 4 N–H and O–H groups in total. The second-order valence-corrected chi connectivity index (χ2v) is 7.39. The molecule has 0 saturated heterocycles. The van der Waals surface area contributed by atoms with E-state index in [2.05, 4.69) is 10.6 Å². The van der Waals surface area contributed by atoms with Crippen molar-refractivity contribution in [2.24, 2.45) is 11.7 Å². The van der Waals surface area contributed by atoms with Crippen LogP contribution >= 0.6 is 12.4 Å². The first-order chi connectivity index (χ1) is 11.3. The predicted molar refractivity (Wildman–Crippen MR) is 105 cm³/mol. The topological polar surface area (TPSA) is 105 Å². The number of hydrogen-bond donors (Lipinski definition) is 3. The maximum Gasteiger partial charge on any atom is 0.243 e. The lowest BCUT2D eigenvalue weighted by Crippen LogP contribution is -2.31. The van der Waals surface area contributed by atoms with Crippen LogP contribution < -0.4 is 16.4 Å². The highest BCUT2D eigenvalue weighted by molar-refractivity contribution is 7.89. The average Bonchev–Trinajstić information content (AvgIpc) is 2.56. The number of halogens is 1. The maximum atomic E-state index is 12.7. The first-order valence-corrected chi connectivity index (χ1v) is 9.64. The first-order valence-electron chi connectivity index (χ1n) is 8.20. The molecule has 0 aliphatic heterocycles. The summed E-state index contributed by atoms with van der Waals surface area (Å²) in [6.07, 6.45) is 0. The molecule has 0 aromatic heterocycles. The Hall–Kier alpha value is -1.35. The minimum atomic E-state index is -3.59. The first kappa shape index (κ1) is 23.6. The Morgan fingerprint density at radius 2 is 1.80 bits per heavy atom. The van der Waals surface area contributed by atoms with Crippen LogP contribution in [0.5, 0.6) is 0 Å². The van der Waals surface area contributed by atoms with Gasteiger partial charge in [0.1, 0.15) is 0 Å². The molecular weight excluding hydrogens is 364 g/mol. The zero-order chi connectivity index (χ0) is 18.3. The Bertz CT molecular complexity index is 663. The smallest absolute Gasteiger partial charge is 0.243 e. The van der Waals surface area contributed by atoms with Crippen molar-refractivity contribution >= 4 is 39.7 Å². The fourth-order valence-electron chi connectivity index (χ4n) is 2.21. The van der Waals surface area contributed by atoms with E-state index in [0.29, 0.717) is 31.0 Å². The SMILES string of the molecule is CCNc1ccc(S(=O)(=O)N(CC)CC)cc1NC(=O)C(C)CN.Cl. The minimum Gasteiger partial charge on any atom is -0.384 e. The van der Waals surface area contributed by atoms with Gasteiger partial charge in [0.15, 0.2) is 0 Å². The summed E-state index contributed by atoms with van der Waals surface area (Å²) < 4.78 is 26.7. The monoisotopic (exact) mass is 392 g/mol. The lowest BCUT2D eigenvalue weighted by Gasteiger charge is -2.20. The summed E-state index contributed by atoms with van der Waals surface area (Å²) in [6.45, 7) is 8.88. The third kappa shape index (κ3) is 5.85. The lowest BCUT2D eigenvalue weighted by molar-refractivity contribution is -0.119. The van der Waals surface area contributed by atoms with Crippen molar-refractivity contribution in [2.45, 2.75) is 32.6 Å². The molecule has 144 valence electrons. The number of nitrogens with two attached hydrogens (primary N) is 1. The van der Waals surface area contributed by atoms with Gasteiger partial charge in [0.2, 0.25) is 15.9 Å². The van der Waals surface area contributed by atoms with Crippen LogP contribution in [0, 0.1) is 5.92 Å². The molecule has 1 atom stereocenters. The lowest BCUT2D eigenvalue weighted by atomic mass is 10.1. The van der Waals surface area contributed by atoms with Gasteiger partial charge >= 0.3 is 0 Å². The highest BCUT2D eigenvalue weighted by atomic mass is 35.5. The van der Waals surface area contributed by atoms with Crippen molar-refractivity contribution in [2.75, 3.05) is 36.8 Å². The molecule has 0 saturated carbocycles. The molecule has 0 aliphatic carbocycles. The molecule has 25 heavy (non-hydrogen) atoms. The van der Waals surface area contributed by atoms with E-state index in [1.54, 1.807) is 32.9 Å². The van der Waals surface area contributed by atoms with E-state index in [9.17, 15) is 13.2 Å². The third-order valence-electron chi connectivity index (χ3n) is 3.76. The van der Waals surface area contributed by atoms with E-state index in [1.807, 2.05) is 6.92 Å². The van der Waals surface area contributed by atoms with E-state index in [4.69, 9.17) is 5.73 Å². The molecule has 1 amide bonds. The van der Waals surface area contributed by atoms with Gasteiger partial charge in [-0.1, -0.05) is 20.8 Å². The van der Waals surface area contributed by atoms with E-state index < -0.39 is 10.0 Å². The van der Waals surface area contributed by atoms with Gasteiger partial charge in [-0.25, -0.2) is 8.42 Å². The van der Waals surface area contributed by atoms with E-state index >= 15 is 0 Å². The van der Waals surface area contributed by atoms with Crippen LogP contribution in [-0.2, 0) is 14.8 Å². The molecule has 0 heterocycles. The van der Waals surface area contributed by atoms with Gasteiger partial charge in [-0.15, -0.1) is 12.4 Å². The minimum absolute atomic E-state index is 0. The number of amides is 1. The van der Waals surface area contributed by atoms with Crippen LogP contribution in [0.2, 0.25) is 0 Å².